The van der Waals surface area contributed by atoms with Gasteiger partial charge in [-0.3, -0.25) is 4.79 Å². The lowest BCUT2D eigenvalue weighted by molar-refractivity contribution is -0.127. The number of anilines is 2. The summed E-state index contributed by atoms with van der Waals surface area (Å²) in [5, 5.41) is 9.19. The SMILES string of the molecule is CN(Cc1ccc(N(C)C)cc1)C(=O)CSc1ncc(C#N)c(N)n1. The minimum Gasteiger partial charge on any atom is -0.382 e. The maximum atomic E-state index is 12.3. The average Bonchev–Trinajstić information content (AvgIpc) is 2.60. The standard InChI is InChI=1S/C17H20N6OS/c1-22(2)14-6-4-12(5-7-14)10-23(3)15(24)11-25-17-20-9-13(8-18)16(19)21-17/h4-7,9H,10-11H2,1-3H3,(H2,19,20,21). The average molecular weight is 356 g/mol. The summed E-state index contributed by atoms with van der Waals surface area (Å²) < 4.78 is 0. The zero-order valence-corrected chi connectivity index (χ0v) is 15.2. The second-order valence-electron chi connectivity index (χ2n) is 5.66. The van der Waals surface area contributed by atoms with Gasteiger partial charge in [0, 0.05) is 33.4 Å². The minimum absolute atomic E-state index is 0.0341. The molecule has 1 heterocycles. The highest BCUT2D eigenvalue weighted by Crippen LogP contribution is 2.17. The number of nitrogen functional groups attached to an aromatic ring is 1. The Kier molecular flexibility index (Phi) is 6.19. The summed E-state index contributed by atoms with van der Waals surface area (Å²) in [4.78, 5) is 24.0. The van der Waals surface area contributed by atoms with Crippen molar-refractivity contribution in [2.45, 2.75) is 11.7 Å². The summed E-state index contributed by atoms with van der Waals surface area (Å²) in [6.45, 7) is 0.531. The molecule has 2 aromatic rings. The van der Waals surface area contributed by atoms with Crippen LogP contribution < -0.4 is 10.6 Å². The lowest BCUT2D eigenvalue weighted by atomic mass is 10.2. The number of hydrogen-bond acceptors (Lipinski definition) is 7. The Morgan fingerprint density at radius 1 is 1.28 bits per heavy atom. The molecule has 0 aliphatic carbocycles. The lowest BCUT2D eigenvalue weighted by Crippen LogP contribution is -2.27. The van der Waals surface area contributed by atoms with Gasteiger partial charge in [-0.1, -0.05) is 23.9 Å². The molecular formula is C17H20N6OS. The fourth-order valence-electron chi connectivity index (χ4n) is 2.03. The number of rotatable bonds is 6. The van der Waals surface area contributed by atoms with Gasteiger partial charge < -0.3 is 15.5 Å². The van der Waals surface area contributed by atoms with Crippen LogP contribution in [0.25, 0.3) is 0 Å². The minimum atomic E-state index is -0.0341. The van der Waals surface area contributed by atoms with Crippen LogP contribution >= 0.6 is 11.8 Å². The van der Waals surface area contributed by atoms with Gasteiger partial charge in [-0.05, 0) is 17.7 Å². The highest BCUT2D eigenvalue weighted by molar-refractivity contribution is 7.99. The first-order valence-corrected chi connectivity index (χ1v) is 8.55. The third-order valence-corrected chi connectivity index (χ3v) is 4.39. The van der Waals surface area contributed by atoms with Crippen molar-refractivity contribution in [2.75, 3.05) is 37.5 Å². The van der Waals surface area contributed by atoms with Gasteiger partial charge in [-0.25, -0.2) is 9.97 Å². The highest BCUT2D eigenvalue weighted by Gasteiger charge is 2.12. The molecule has 1 aromatic heterocycles. The number of nitriles is 1. The third-order valence-electron chi connectivity index (χ3n) is 3.54. The van der Waals surface area contributed by atoms with Crippen molar-refractivity contribution in [1.82, 2.24) is 14.9 Å². The van der Waals surface area contributed by atoms with E-state index in [2.05, 4.69) is 9.97 Å². The molecule has 0 fully saturated rings. The summed E-state index contributed by atoms with van der Waals surface area (Å²) in [7, 11) is 5.73. The maximum Gasteiger partial charge on any atom is 0.233 e. The summed E-state index contributed by atoms with van der Waals surface area (Å²) in [5.41, 5.74) is 8.05. The van der Waals surface area contributed by atoms with E-state index >= 15 is 0 Å². The molecule has 0 aliphatic heterocycles. The van der Waals surface area contributed by atoms with E-state index in [0.29, 0.717) is 11.7 Å². The molecule has 2 N–H and O–H groups in total. The van der Waals surface area contributed by atoms with Crippen LogP contribution in [0.15, 0.2) is 35.6 Å². The molecule has 8 heteroatoms. The normalized spacial score (nSPS) is 10.2. The summed E-state index contributed by atoms with van der Waals surface area (Å²) in [6.07, 6.45) is 1.37. The van der Waals surface area contributed by atoms with Gasteiger partial charge >= 0.3 is 0 Å². The number of benzene rings is 1. The van der Waals surface area contributed by atoms with Crippen molar-refractivity contribution < 1.29 is 4.79 Å². The van der Waals surface area contributed by atoms with E-state index in [0.717, 1.165) is 11.3 Å². The number of nitrogens with two attached hydrogens (primary N) is 1. The lowest BCUT2D eigenvalue weighted by Gasteiger charge is -2.18. The predicted octanol–water partition coefficient (Wildman–Crippen LogP) is 1.75. The largest absolute Gasteiger partial charge is 0.382 e. The molecule has 130 valence electrons. The molecule has 0 unspecified atom stereocenters. The van der Waals surface area contributed by atoms with Crippen molar-refractivity contribution in [3.63, 3.8) is 0 Å². The number of aromatic nitrogens is 2. The number of nitrogens with zero attached hydrogens (tertiary/aromatic N) is 5. The molecule has 0 saturated heterocycles. The second-order valence-corrected chi connectivity index (χ2v) is 6.61. The van der Waals surface area contributed by atoms with Gasteiger partial charge in [-0.15, -0.1) is 0 Å². The third kappa shape index (κ3) is 5.09. The Hall–Kier alpha value is -2.79. The monoisotopic (exact) mass is 356 g/mol. The first kappa shape index (κ1) is 18.5. The van der Waals surface area contributed by atoms with Crippen molar-refractivity contribution in [3.05, 3.63) is 41.6 Å². The number of thioether (sulfide) groups is 1. The molecule has 0 aliphatic rings. The van der Waals surface area contributed by atoms with E-state index in [9.17, 15) is 4.79 Å². The van der Waals surface area contributed by atoms with Gasteiger partial charge in [0.15, 0.2) is 5.16 Å². The Bertz CT molecular complexity index is 785. The molecular weight excluding hydrogens is 336 g/mol. The van der Waals surface area contributed by atoms with Crippen molar-refractivity contribution >= 4 is 29.2 Å². The fourth-order valence-corrected chi connectivity index (χ4v) is 2.79. The van der Waals surface area contributed by atoms with Crippen LogP contribution in [-0.2, 0) is 11.3 Å². The van der Waals surface area contributed by atoms with Crippen molar-refractivity contribution in [1.29, 1.82) is 5.26 Å². The molecule has 7 nitrogen and oxygen atoms in total. The van der Waals surface area contributed by atoms with Crippen LogP contribution in [0, 0.1) is 11.3 Å². The van der Waals surface area contributed by atoms with Gasteiger partial charge in [0.1, 0.15) is 17.5 Å². The topological polar surface area (TPSA) is 99.1 Å². The summed E-state index contributed by atoms with van der Waals surface area (Å²) in [6, 6.07) is 9.97. The van der Waals surface area contributed by atoms with Crippen molar-refractivity contribution in [3.8, 4) is 6.07 Å². The van der Waals surface area contributed by atoms with E-state index < -0.39 is 0 Å². The Morgan fingerprint density at radius 3 is 2.52 bits per heavy atom. The predicted molar refractivity (Wildman–Crippen MR) is 99.1 cm³/mol. The fraction of sp³-hybridized carbons (Fsp3) is 0.294. The molecule has 0 bridgehead atoms. The van der Waals surface area contributed by atoms with Crippen LogP contribution in [0.1, 0.15) is 11.1 Å². The zero-order chi connectivity index (χ0) is 18.4. The maximum absolute atomic E-state index is 12.3. The first-order valence-electron chi connectivity index (χ1n) is 7.56. The first-order chi connectivity index (χ1) is 11.9. The molecule has 0 spiro atoms. The van der Waals surface area contributed by atoms with Gasteiger partial charge in [0.2, 0.25) is 5.91 Å². The van der Waals surface area contributed by atoms with Gasteiger partial charge in [0.05, 0.1) is 11.9 Å². The molecule has 25 heavy (non-hydrogen) atoms. The van der Waals surface area contributed by atoms with E-state index in [1.54, 1.807) is 11.9 Å². The molecule has 0 saturated carbocycles. The summed E-state index contributed by atoms with van der Waals surface area (Å²) in [5.74, 6) is 0.299. The van der Waals surface area contributed by atoms with Crippen LogP contribution in [0.5, 0.6) is 0 Å². The molecule has 0 radical (unpaired) electrons. The summed E-state index contributed by atoms with van der Waals surface area (Å²) >= 11 is 1.20. The number of carbonyl (C=O) groups is 1. The Morgan fingerprint density at radius 2 is 1.96 bits per heavy atom. The molecule has 0 atom stereocenters. The van der Waals surface area contributed by atoms with Gasteiger partial charge in [-0.2, -0.15) is 5.26 Å². The van der Waals surface area contributed by atoms with E-state index in [-0.39, 0.29) is 23.0 Å². The van der Waals surface area contributed by atoms with E-state index in [1.807, 2.05) is 49.3 Å². The zero-order valence-electron chi connectivity index (χ0n) is 14.4. The van der Waals surface area contributed by atoms with Gasteiger partial charge in [0.25, 0.3) is 0 Å². The molecule has 2 rings (SSSR count). The van der Waals surface area contributed by atoms with Crippen LogP contribution in [0.4, 0.5) is 11.5 Å². The molecule has 1 amide bonds. The van der Waals surface area contributed by atoms with E-state index in [1.165, 1.54) is 18.0 Å². The van der Waals surface area contributed by atoms with E-state index in [4.69, 9.17) is 11.0 Å². The number of carbonyl (C=O) groups excluding carboxylic acids is 1. The van der Waals surface area contributed by atoms with Crippen molar-refractivity contribution in [2.24, 2.45) is 0 Å². The number of hydrogen-bond donors (Lipinski definition) is 1. The smallest absolute Gasteiger partial charge is 0.233 e. The second kappa shape index (κ2) is 8.35. The quantitative estimate of drug-likeness (QED) is 0.622. The van der Waals surface area contributed by atoms with Crippen LogP contribution in [-0.4, -0.2) is 47.7 Å². The highest BCUT2D eigenvalue weighted by atomic mass is 32.2. The van der Waals surface area contributed by atoms with Crippen LogP contribution in [0.2, 0.25) is 0 Å². The Balaban J connectivity index is 1.89. The van der Waals surface area contributed by atoms with Crippen LogP contribution in [0.3, 0.4) is 0 Å². The Labute approximate surface area is 151 Å². The molecule has 1 aromatic carbocycles. The number of amides is 1.